The molecule has 0 saturated heterocycles. The third-order valence-corrected chi connectivity index (χ3v) is 8.55. The fraction of sp³-hybridized carbons (Fsp3) is 0.783. The maximum atomic E-state index is 12.6. The minimum atomic E-state index is -1.24. The largest absolute Gasteiger partial charge is 0.422 e. The first-order valence-corrected chi connectivity index (χ1v) is 10.8. The van der Waals surface area contributed by atoms with Crippen LogP contribution in [0.1, 0.15) is 79.1 Å². The standard InChI is InChI=1S/C23H32O5/c1-14(24)27-23(28-15(2)25)12-5-6-16-7-8-17-18-9-10-20(26)21(18,3)13-11-19(17)22(16,23)4/h7,17-19H,5-6,8-13H2,1-4H3/t17-,18-,19-,21-,22-/m0/s1. The Morgan fingerprint density at radius 1 is 1.00 bits per heavy atom. The number of ketones is 1. The van der Waals surface area contributed by atoms with E-state index in [2.05, 4.69) is 19.9 Å². The summed E-state index contributed by atoms with van der Waals surface area (Å²) in [5.74, 6) is -0.689. The van der Waals surface area contributed by atoms with E-state index in [-0.39, 0.29) is 11.3 Å². The van der Waals surface area contributed by atoms with Crippen LogP contribution in [-0.2, 0) is 23.9 Å². The predicted octanol–water partition coefficient (Wildman–Crippen LogP) is 4.34. The van der Waals surface area contributed by atoms with Crippen molar-refractivity contribution in [1.82, 2.24) is 0 Å². The molecule has 0 bridgehead atoms. The number of rotatable bonds is 2. The van der Waals surface area contributed by atoms with Crippen LogP contribution in [0.25, 0.3) is 0 Å². The Hall–Kier alpha value is -1.65. The van der Waals surface area contributed by atoms with Gasteiger partial charge in [0.05, 0.1) is 5.41 Å². The molecular weight excluding hydrogens is 356 g/mol. The molecular formula is C23H32O5. The van der Waals surface area contributed by atoms with Crippen molar-refractivity contribution in [3.8, 4) is 0 Å². The molecule has 0 heterocycles. The van der Waals surface area contributed by atoms with Gasteiger partial charge in [-0.3, -0.25) is 14.4 Å². The monoisotopic (exact) mass is 388 g/mol. The van der Waals surface area contributed by atoms with Crippen molar-refractivity contribution in [3.05, 3.63) is 11.6 Å². The molecule has 4 rings (SSSR count). The van der Waals surface area contributed by atoms with Crippen molar-refractivity contribution in [2.75, 3.05) is 0 Å². The molecule has 4 aliphatic rings. The van der Waals surface area contributed by atoms with E-state index in [1.54, 1.807) is 0 Å². The summed E-state index contributed by atoms with van der Waals surface area (Å²) in [4.78, 5) is 36.8. The van der Waals surface area contributed by atoms with Gasteiger partial charge in [-0.2, -0.15) is 0 Å². The molecule has 3 saturated carbocycles. The van der Waals surface area contributed by atoms with Crippen molar-refractivity contribution >= 4 is 17.7 Å². The first-order chi connectivity index (χ1) is 13.1. The number of carbonyl (C=O) groups is 3. The van der Waals surface area contributed by atoms with E-state index in [1.807, 2.05) is 0 Å². The van der Waals surface area contributed by atoms with Crippen LogP contribution in [0.4, 0.5) is 0 Å². The number of carbonyl (C=O) groups excluding carboxylic acids is 3. The zero-order valence-electron chi connectivity index (χ0n) is 17.5. The number of ether oxygens (including phenoxy) is 2. The second-order valence-corrected chi connectivity index (χ2v) is 9.76. The number of Topliss-reactive ketones (excluding diaryl/α,β-unsaturated/α-hetero) is 1. The maximum Gasteiger partial charge on any atom is 0.305 e. The van der Waals surface area contributed by atoms with Crippen LogP contribution in [0.2, 0.25) is 0 Å². The van der Waals surface area contributed by atoms with E-state index in [4.69, 9.17) is 9.47 Å². The van der Waals surface area contributed by atoms with Gasteiger partial charge in [-0.1, -0.05) is 18.6 Å². The summed E-state index contributed by atoms with van der Waals surface area (Å²) in [5, 5.41) is 0. The average molecular weight is 389 g/mol. The van der Waals surface area contributed by atoms with Crippen molar-refractivity contribution in [2.24, 2.45) is 28.6 Å². The summed E-state index contributed by atoms with van der Waals surface area (Å²) in [6.45, 7) is 7.07. The summed E-state index contributed by atoms with van der Waals surface area (Å²) >= 11 is 0. The lowest BCUT2D eigenvalue weighted by molar-refractivity contribution is -0.288. The molecule has 0 radical (unpaired) electrons. The fourth-order valence-corrected chi connectivity index (χ4v) is 7.29. The van der Waals surface area contributed by atoms with E-state index in [1.165, 1.54) is 19.4 Å². The fourth-order valence-electron chi connectivity index (χ4n) is 7.29. The zero-order chi connectivity index (χ0) is 20.3. The Bertz CT molecular complexity index is 736. The lowest BCUT2D eigenvalue weighted by Gasteiger charge is -2.61. The minimum Gasteiger partial charge on any atom is -0.422 e. The molecule has 0 spiro atoms. The quantitative estimate of drug-likeness (QED) is 0.400. The Morgan fingerprint density at radius 3 is 2.32 bits per heavy atom. The maximum absolute atomic E-state index is 12.6. The molecule has 154 valence electrons. The van der Waals surface area contributed by atoms with E-state index >= 15 is 0 Å². The second-order valence-electron chi connectivity index (χ2n) is 9.76. The predicted molar refractivity (Wildman–Crippen MR) is 103 cm³/mol. The van der Waals surface area contributed by atoms with Crippen LogP contribution in [0, 0.1) is 28.6 Å². The Kier molecular flexibility index (Phi) is 4.51. The van der Waals surface area contributed by atoms with E-state index in [0.29, 0.717) is 30.5 Å². The topological polar surface area (TPSA) is 69.7 Å². The number of hydrogen-bond acceptors (Lipinski definition) is 5. The molecule has 5 heteroatoms. The molecule has 5 atom stereocenters. The van der Waals surface area contributed by atoms with Crippen molar-refractivity contribution in [2.45, 2.75) is 84.8 Å². The smallest absolute Gasteiger partial charge is 0.305 e. The van der Waals surface area contributed by atoms with Crippen LogP contribution in [-0.4, -0.2) is 23.5 Å². The Labute approximate surface area is 167 Å². The number of hydrogen-bond donors (Lipinski definition) is 0. The van der Waals surface area contributed by atoms with Gasteiger partial charge in [-0.25, -0.2) is 0 Å². The first-order valence-electron chi connectivity index (χ1n) is 10.8. The lowest BCUT2D eigenvalue weighted by Crippen LogP contribution is -2.63. The molecule has 0 aliphatic heterocycles. The van der Waals surface area contributed by atoms with Crippen LogP contribution >= 0.6 is 0 Å². The molecule has 3 fully saturated rings. The molecule has 0 amide bonds. The van der Waals surface area contributed by atoms with Crippen LogP contribution in [0.5, 0.6) is 0 Å². The molecule has 0 aromatic carbocycles. The van der Waals surface area contributed by atoms with Gasteiger partial charge in [0.15, 0.2) is 0 Å². The third-order valence-electron chi connectivity index (χ3n) is 8.55. The van der Waals surface area contributed by atoms with Gasteiger partial charge < -0.3 is 9.47 Å². The van der Waals surface area contributed by atoms with E-state index < -0.39 is 23.1 Å². The highest BCUT2D eigenvalue weighted by atomic mass is 16.7. The van der Waals surface area contributed by atoms with Gasteiger partial charge in [0.2, 0.25) is 0 Å². The normalized spacial score (nSPS) is 41.2. The molecule has 4 aliphatic carbocycles. The van der Waals surface area contributed by atoms with Gasteiger partial charge in [-0.15, -0.1) is 0 Å². The van der Waals surface area contributed by atoms with Crippen LogP contribution in [0.15, 0.2) is 11.6 Å². The minimum absolute atomic E-state index is 0.219. The van der Waals surface area contributed by atoms with Gasteiger partial charge in [0, 0.05) is 32.1 Å². The summed E-state index contributed by atoms with van der Waals surface area (Å²) in [5.41, 5.74) is 0.511. The van der Waals surface area contributed by atoms with Crippen molar-refractivity contribution in [1.29, 1.82) is 0 Å². The number of allylic oxidation sites excluding steroid dienone is 1. The van der Waals surface area contributed by atoms with Gasteiger partial charge in [0.25, 0.3) is 5.79 Å². The molecule has 0 aromatic heterocycles. The van der Waals surface area contributed by atoms with Gasteiger partial charge in [-0.05, 0) is 63.2 Å². The van der Waals surface area contributed by atoms with Gasteiger partial charge in [0.1, 0.15) is 5.78 Å². The summed E-state index contributed by atoms with van der Waals surface area (Å²) in [6.07, 6.45) is 8.99. The highest BCUT2D eigenvalue weighted by Crippen LogP contribution is 2.67. The van der Waals surface area contributed by atoms with E-state index in [9.17, 15) is 14.4 Å². The lowest BCUT2D eigenvalue weighted by atomic mass is 9.46. The number of esters is 2. The van der Waals surface area contributed by atoms with Crippen LogP contribution < -0.4 is 0 Å². The van der Waals surface area contributed by atoms with E-state index in [0.717, 1.165) is 38.5 Å². The molecule has 0 unspecified atom stereocenters. The first kappa shape index (κ1) is 19.7. The highest BCUT2D eigenvalue weighted by Gasteiger charge is 2.67. The molecule has 0 N–H and O–H groups in total. The van der Waals surface area contributed by atoms with Crippen molar-refractivity contribution in [3.63, 3.8) is 0 Å². The number of fused-ring (bicyclic) bond motifs is 5. The Morgan fingerprint density at radius 2 is 1.68 bits per heavy atom. The van der Waals surface area contributed by atoms with Crippen LogP contribution in [0.3, 0.4) is 0 Å². The molecule has 28 heavy (non-hydrogen) atoms. The van der Waals surface area contributed by atoms with Crippen molar-refractivity contribution < 1.29 is 23.9 Å². The molecule has 0 aromatic rings. The van der Waals surface area contributed by atoms with Gasteiger partial charge >= 0.3 is 11.9 Å². The SMILES string of the molecule is CC(=O)OC1(OC(C)=O)CCCC2=CC[C@@H]3[C@H](CC[C@]4(C)C(=O)CC[C@@H]34)[C@]21C. The summed E-state index contributed by atoms with van der Waals surface area (Å²) in [7, 11) is 0. The highest BCUT2D eigenvalue weighted by molar-refractivity contribution is 5.87. The molecule has 5 nitrogen and oxygen atoms in total. The Balaban J connectivity index is 1.80. The average Bonchev–Trinajstić information content (AvgIpc) is 2.90. The second kappa shape index (κ2) is 6.43. The third kappa shape index (κ3) is 2.54. The zero-order valence-corrected chi connectivity index (χ0v) is 17.5. The summed E-state index contributed by atoms with van der Waals surface area (Å²) in [6, 6.07) is 0. The summed E-state index contributed by atoms with van der Waals surface area (Å²) < 4.78 is 11.8.